The van der Waals surface area contributed by atoms with Gasteiger partial charge in [0.15, 0.2) is 0 Å². The van der Waals surface area contributed by atoms with Gasteiger partial charge in [-0.15, -0.1) is 0 Å². The molecule has 1 aliphatic rings. The molecule has 1 nitrogen and oxygen atoms in total. The smallest absolute Gasteiger partial charge is 0.278 e. The molecule has 0 fully saturated rings. The zero-order valence-corrected chi connectivity index (χ0v) is 18.5. The van der Waals surface area contributed by atoms with Crippen LogP contribution < -0.4 is 15.6 Å². The van der Waals surface area contributed by atoms with Gasteiger partial charge >= 0.3 is 0 Å². The lowest BCUT2D eigenvalue weighted by Gasteiger charge is -2.40. The van der Waals surface area contributed by atoms with E-state index in [1.165, 1.54) is 20.8 Å². The molecular weight excluding hydrogens is 372 g/mol. The third-order valence-electron chi connectivity index (χ3n) is 5.42. The molecule has 0 amide bonds. The van der Waals surface area contributed by atoms with Gasteiger partial charge in [0.1, 0.15) is 0 Å². The Labute approximate surface area is 170 Å². The van der Waals surface area contributed by atoms with E-state index in [1.807, 2.05) is 0 Å². The van der Waals surface area contributed by atoms with E-state index < -0.39 is 16.6 Å². The van der Waals surface area contributed by atoms with E-state index in [0.717, 1.165) is 6.42 Å². The van der Waals surface area contributed by atoms with Crippen LogP contribution in [0.1, 0.15) is 6.42 Å². The lowest BCUT2D eigenvalue weighted by molar-refractivity contribution is 0.582. The topological polar surface area (TPSA) is 9.23 Å². The van der Waals surface area contributed by atoms with Gasteiger partial charge in [-0.1, -0.05) is 109 Å². The normalized spacial score (nSPS) is 14.1. The van der Waals surface area contributed by atoms with E-state index in [1.54, 1.807) is 0 Å². The van der Waals surface area contributed by atoms with Gasteiger partial charge in [0.2, 0.25) is 8.32 Å². The molecule has 0 aromatic heterocycles. The van der Waals surface area contributed by atoms with Crippen molar-refractivity contribution in [3.63, 3.8) is 0 Å². The van der Waals surface area contributed by atoms with Gasteiger partial charge in [-0.25, -0.2) is 0 Å². The summed E-state index contributed by atoms with van der Waals surface area (Å²) in [6.07, 6.45) is 7.87. The minimum Gasteiger partial charge on any atom is -0.442 e. The first kappa shape index (κ1) is 18.9. The zero-order chi connectivity index (χ0) is 19.5. The minimum absolute atomic E-state index is 1.02. The predicted octanol–water partition coefficient (Wildman–Crippen LogP) is 4.30. The Morgan fingerprint density at radius 2 is 1.07 bits per heavy atom. The number of hydrogen-bond acceptors (Lipinski definition) is 1. The molecule has 3 aromatic carbocycles. The highest BCUT2D eigenvalue weighted by Gasteiger charge is 2.47. The van der Waals surface area contributed by atoms with Crippen molar-refractivity contribution in [2.24, 2.45) is 0 Å². The van der Waals surface area contributed by atoms with Crippen molar-refractivity contribution in [1.82, 2.24) is 0 Å². The number of rotatable bonds is 6. The van der Waals surface area contributed by atoms with E-state index in [-0.39, 0.29) is 0 Å². The number of hydrogen-bond donors (Lipinski definition) is 0. The van der Waals surface area contributed by atoms with Crippen LogP contribution in [0.5, 0.6) is 0 Å². The second kappa shape index (κ2) is 7.88. The Kier molecular flexibility index (Phi) is 5.31. The highest BCUT2D eigenvalue weighted by molar-refractivity contribution is 7.11. The molecule has 3 aromatic rings. The summed E-state index contributed by atoms with van der Waals surface area (Å²) in [7, 11) is -4.76. The molecule has 0 radical (unpaired) electrons. The molecule has 0 atom stereocenters. The van der Waals surface area contributed by atoms with Crippen molar-refractivity contribution >= 4 is 32.2 Å². The average Bonchev–Trinajstić information content (AvgIpc) is 3.30. The highest BCUT2D eigenvalue weighted by Crippen LogP contribution is 2.26. The van der Waals surface area contributed by atoms with Crippen LogP contribution in [0.2, 0.25) is 13.1 Å². The Morgan fingerprint density at radius 1 is 0.643 bits per heavy atom. The predicted molar refractivity (Wildman–Crippen MR) is 124 cm³/mol. The zero-order valence-electron chi connectivity index (χ0n) is 16.5. The Hall–Kier alpha value is -2.47. The lowest BCUT2D eigenvalue weighted by Crippen LogP contribution is -2.72. The molecule has 3 heteroatoms. The van der Waals surface area contributed by atoms with Crippen LogP contribution >= 0.6 is 0 Å². The summed E-state index contributed by atoms with van der Waals surface area (Å²) in [6, 6.07) is 32.5. The molecule has 1 aliphatic carbocycles. The first-order valence-corrected chi connectivity index (χ1v) is 14.7. The standard InChI is InChI=1S/C25H26OSi2/c1-27(2,22-14-12-13-15-22)26-28(23-16-6-3-7-17-23,24-18-8-4-9-19-24)25-20-10-5-11-21-25/h3-12,14-21H,13H2,1-2H3. The maximum atomic E-state index is 7.43. The summed E-state index contributed by atoms with van der Waals surface area (Å²) >= 11 is 0. The van der Waals surface area contributed by atoms with E-state index in [2.05, 4.69) is 122 Å². The van der Waals surface area contributed by atoms with Crippen molar-refractivity contribution in [3.05, 3.63) is 114 Å². The van der Waals surface area contributed by atoms with Gasteiger partial charge in [0, 0.05) is 0 Å². The fourth-order valence-electron chi connectivity index (χ4n) is 4.04. The maximum absolute atomic E-state index is 7.43. The van der Waals surface area contributed by atoms with Gasteiger partial charge < -0.3 is 4.12 Å². The van der Waals surface area contributed by atoms with Gasteiger partial charge in [0.25, 0.3) is 8.32 Å². The number of benzene rings is 3. The van der Waals surface area contributed by atoms with Crippen molar-refractivity contribution in [2.75, 3.05) is 0 Å². The summed E-state index contributed by atoms with van der Waals surface area (Å²) in [4.78, 5) is 0. The fraction of sp³-hybridized carbons (Fsp3) is 0.120. The van der Waals surface area contributed by atoms with Crippen molar-refractivity contribution in [3.8, 4) is 0 Å². The Bertz CT molecular complexity index is 880. The molecule has 0 bridgehead atoms. The van der Waals surface area contributed by atoms with E-state index >= 15 is 0 Å². The van der Waals surface area contributed by atoms with Crippen molar-refractivity contribution < 1.29 is 4.12 Å². The van der Waals surface area contributed by atoms with Crippen LogP contribution in [0.3, 0.4) is 0 Å². The molecule has 0 spiro atoms. The van der Waals surface area contributed by atoms with Crippen molar-refractivity contribution in [1.29, 1.82) is 0 Å². The van der Waals surface area contributed by atoms with Gasteiger partial charge in [-0.2, -0.15) is 0 Å². The van der Waals surface area contributed by atoms with Crippen LogP contribution in [-0.2, 0) is 4.12 Å². The van der Waals surface area contributed by atoms with E-state index in [0.29, 0.717) is 0 Å². The quantitative estimate of drug-likeness (QED) is 0.444. The summed E-state index contributed by atoms with van der Waals surface area (Å²) in [5.41, 5.74) is 0. The maximum Gasteiger partial charge on any atom is 0.278 e. The lowest BCUT2D eigenvalue weighted by atomic mass is 10.3. The molecule has 0 saturated carbocycles. The van der Waals surface area contributed by atoms with Crippen LogP contribution in [0.25, 0.3) is 0 Å². The van der Waals surface area contributed by atoms with Gasteiger partial charge in [-0.3, -0.25) is 0 Å². The first-order valence-electron chi connectivity index (χ1n) is 9.87. The van der Waals surface area contributed by atoms with Gasteiger partial charge in [0.05, 0.1) is 0 Å². The Morgan fingerprint density at radius 3 is 1.43 bits per heavy atom. The molecule has 0 aliphatic heterocycles. The SMILES string of the molecule is C[Si](C)(O[Si](c1ccccc1)(c1ccccc1)c1ccccc1)C1=CCC=C1. The second-order valence-electron chi connectivity index (χ2n) is 7.69. The monoisotopic (exact) mass is 398 g/mol. The molecular formula is C25H26OSi2. The third kappa shape index (κ3) is 3.49. The summed E-state index contributed by atoms with van der Waals surface area (Å²) in [6.45, 7) is 4.68. The van der Waals surface area contributed by atoms with E-state index in [9.17, 15) is 0 Å². The van der Waals surface area contributed by atoms with Gasteiger partial charge in [-0.05, 0) is 40.3 Å². The summed E-state index contributed by atoms with van der Waals surface area (Å²) in [5, 5.41) is 5.30. The fourth-order valence-corrected chi connectivity index (χ4v) is 13.1. The molecule has 0 N–H and O–H groups in total. The first-order chi connectivity index (χ1) is 13.6. The molecule has 0 unspecified atom stereocenters. The number of allylic oxidation sites excluding steroid dienone is 4. The summed E-state index contributed by atoms with van der Waals surface area (Å²) in [5.74, 6) is 0. The van der Waals surface area contributed by atoms with Crippen molar-refractivity contribution in [2.45, 2.75) is 19.5 Å². The molecule has 0 heterocycles. The highest BCUT2D eigenvalue weighted by atomic mass is 28.4. The molecule has 0 saturated heterocycles. The van der Waals surface area contributed by atoms with Crippen LogP contribution in [0.15, 0.2) is 114 Å². The largest absolute Gasteiger partial charge is 0.442 e. The Balaban J connectivity index is 1.97. The molecule has 4 rings (SSSR count). The average molecular weight is 399 g/mol. The third-order valence-corrected chi connectivity index (χ3v) is 13.9. The summed E-state index contributed by atoms with van der Waals surface area (Å²) < 4.78 is 7.43. The van der Waals surface area contributed by atoms with Crippen LogP contribution in [0.4, 0.5) is 0 Å². The molecule has 28 heavy (non-hydrogen) atoms. The minimum atomic E-state index is -2.64. The molecule has 140 valence electrons. The van der Waals surface area contributed by atoms with E-state index in [4.69, 9.17) is 4.12 Å². The van der Waals surface area contributed by atoms with Crippen LogP contribution in [-0.4, -0.2) is 16.6 Å². The van der Waals surface area contributed by atoms with Crippen LogP contribution in [0, 0.1) is 0 Å². The second-order valence-corrected chi connectivity index (χ2v) is 15.2.